The van der Waals surface area contributed by atoms with E-state index in [-0.39, 0.29) is 0 Å². The van der Waals surface area contributed by atoms with Crippen LogP contribution in [0, 0.1) is 0 Å². The number of para-hydroxylation sites is 6. The van der Waals surface area contributed by atoms with Crippen LogP contribution in [0.15, 0.2) is 505 Å². The maximum atomic E-state index is 6.78. The highest BCUT2D eigenvalue weighted by molar-refractivity contribution is 6.38. The molecular formula is C132H81N9O3. The van der Waals surface area contributed by atoms with Crippen molar-refractivity contribution in [3.8, 4) is 119 Å². The molecule has 9 aromatic heterocycles. The van der Waals surface area contributed by atoms with Crippen molar-refractivity contribution in [2.24, 2.45) is 0 Å². The largest absolute Gasteiger partial charge is 0.454 e. The van der Waals surface area contributed by atoms with Crippen molar-refractivity contribution >= 4 is 164 Å². The lowest BCUT2D eigenvalue weighted by atomic mass is 9.96. The van der Waals surface area contributed by atoms with Gasteiger partial charge in [0.15, 0.2) is 40.0 Å². The average Bonchev–Trinajstić information content (AvgIpc) is 1.54. The predicted molar refractivity (Wildman–Crippen MR) is 592 cm³/mol. The summed E-state index contributed by atoms with van der Waals surface area (Å²) < 4.78 is 27.4. The van der Waals surface area contributed by atoms with Crippen molar-refractivity contribution in [3.05, 3.63) is 491 Å². The van der Waals surface area contributed by atoms with Gasteiger partial charge in [-0.3, -0.25) is 0 Å². The molecule has 0 aliphatic heterocycles. The normalized spacial score (nSPS) is 11.8. The second-order valence-corrected chi connectivity index (χ2v) is 36.5. The summed E-state index contributed by atoms with van der Waals surface area (Å²) in [5, 5.41) is 20.8. The molecule has 0 spiro atoms. The van der Waals surface area contributed by atoms with Gasteiger partial charge in [-0.15, -0.1) is 0 Å². The van der Waals surface area contributed by atoms with E-state index in [2.05, 4.69) is 378 Å². The van der Waals surface area contributed by atoms with Gasteiger partial charge in [0.25, 0.3) is 0 Å². The summed E-state index contributed by atoms with van der Waals surface area (Å²) in [6, 6.07) is 171. The fourth-order valence-corrected chi connectivity index (χ4v) is 21.8. The number of nitrogens with zero attached hydrogens (tertiary/aromatic N) is 9. The first-order valence-electron chi connectivity index (χ1n) is 48.5. The van der Waals surface area contributed by atoms with Gasteiger partial charge in [-0.1, -0.05) is 370 Å². The molecule has 144 heavy (non-hydrogen) atoms. The molecule has 21 aromatic carbocycles. The van der Waals surface area contributed by atoms with Gasteiger partial charge in [-0.2, -0.15) is 0 Å². The Morgan fingerprint density at radius 1 is 0.146 bits per heavy atom. The van der Waals surface area contributed by atoms with Gasteiger partial charge in [0.2, 0.25) is 0 Å². The van der Waals surface area contributed by atoms with Crippen molar-refractivity contribution in [1.29, 1.82) is 0 Å². The van der Waals surface area contributed by atoms with Gasteiger partial charge < -0.3 is 27.0 Å². The van der Waals surface area contributed by atoms with E-state index in [0.717, 1.165) is 216 Å². The smallest absolute Gasteiger partial charge is 0.164 e. The third kappa shape index (κ3) is 13.8. The number of hydrogen-bond acceptors (Lipinski definition) is 9. The zero-order valence-corrected chi connectivity index (χ0v) is 77.5. The Balaban J connectivity index is 0.000000105. The SMILES string of the molecule is c1ccc(-c2cc(-c3ccc4c(c3)c3c5ccccc5c5c6ccccc6oc5c3n4-c3ccccc3)cc(-c3ccccc3)n2)cc1.c1ccc(-c2cc(-c3ccccc3)nc(-c3ccc4c(c3)c3c5ccccc5c5c6ccccc6oc5c3n4-c3ccccc3)n2)cc1.c1ccc(-c2nc(-c3ccccc3)nc(-c3ccc4c(c3)c3c5ccccc5c5c6ccccc6oc5c3n4-c3ccccc3)n2)cc1. The lowest BCUT2D eigenvalue weighted by Crippen LogP contribution is -2.00. The minimum absolute atomic E-state index is 0.624. The van der Waals surface area contributed by atoms with Crippen molar-refractivity contribution < 1.29 is 13.3 Å². The van der Waals surface area contributed by atoms with Crippen molar-refractivity contribution in [1.82, 2.24) is 43.6 Å². The fraction of sp³-hybridized carbons (Fsp3) is 0. The number of rotatable bonds is 12. The standard InChI is InChI=1S/C45H28N2O.C44H27N3O.C43H26N4O/c1-4-14-29(15-5-1)38-27-32(28-39(46-38)30-16-6-2-7-17-30)31-24-25-40-37(26-31)42-34-20-10-11-21-35(34)43-36-22-12-13-23-41(36)48-45(43)44(42)47(40)33-18-8-3-9-19-33;1-4-14-28(15-5-1)36-27-37(29-16-6-2-7-17-29)46-44(45-36)30-24-25-38-35(26-30)40-32-20-10-11-21-33(32)41-34-22-12-13-23-39(34)48-43(41)42(40)47(38)31-18-8-3-9-19-31;1-4-14-27(15-5-1)41-44-42(28-16-6-2-7-17-28)46-43(45-41)29-24-25-35-34(26-29)37-31-20-10-11-21-32(31)38-33-22-12-13-23-36(33)48-40(38)39(37)47(35)30-18-8-3-9-19-30/h1-28H;1-27H;1-26H. The van der Waals surface area contributed by atoms with Crippen LogP contribution in [0.3, 0.4) is 0 Å². The molecule has 0 atom stereocenters. The zero-order chi connectivity index (χ0) is 94.8. The summed E-state index contributed by atoms with van der Waals surface area (Å²) in [4.78, 5) is 30.4. The summed E-state index contributed by atoms with van der Waals surface area (Å²) >= 11 is 0. The minimum Gasteiger partial charge on any atom is -0.454 e. The molecule has 0 bridgehead atoms. The van der Waals surface area contributed by atoms with E-state index in [1.807, 2.05) is 127 Å². The van der Waals surface area contributed by atoms with Gasteiger partial charge in [0.1, 0.15) is 16.7 Å². The number of furan rings is 3. The maximum Gasteiger partial charge on any atom is 0.164 e. The summed E-state index contributed by atoms with van der Waals surface area (Å²) in [6.45, 7) is 0. The van der Waals surface area contributed by atoms with E-state index in [1.165, 1.54) is 43.1 Å². The molecule has 12 nitrogen and oxygen atoms in total. The van der Waals surface area contributed by atoms with Gasteiger partial charge >= 0.3 is 0 Å². The van der Waals surface area contributed by atoms with Crippen LogP contribution in [0.4, 0.5) is 0 Å². The molecule has 0 radical (unpaired) electrons. The van der Waals surface area contributed by atoms with Gasteiger partial charge in [-0.05, 0) is 165 Å². The Hall–Kier alpha value is -19.6. The fourth-order valence-electron chi connectivity index (χ4n) is 21.8. The highest BCUT2D eigenvalue weighted by atomic mass is 16.3. The van der Waals surface area contributed by atoms with Crippen LogP contribution in [0.25, 0.3) is 282 Å². The number of fused-ring (bicyclic) bond motifs is 30. The monoisotopic (exact) mass is 1840 g/mol. The maximum absolute atomic E-state index is 6.78. The summed E-state index contributed by atoms with van der Waals surface area (Å²) in [5.74, 6) is 2.59. The molecule has 0 N–H and O–H groups in total. The van der Waals surface area contributed by atoms with Crippen LogP contribution in [0.1, 0.15) is 0 Å². The summed E-state index contributed by atoms with van der Waals surface area (Å²) in [7, 11) is 0. The molecule has 0 unspecified atom stereocenters. The average molecular weight is 1840 g/mol. The minimum atomic E-state index is 0.624. The highest BCUT2D eigenvalue weighted by Gasteiger charge is 2.30. The van der Waals surface area contributed by atoms with Gasteiger partial charge in [-0.25, -0.2) is 29.9 Å². The van der Waals surface area contributed by atoms with Crippen LogP contribution in [0.2, 0.25) is 0 Å². The third-order valence-electron chi connectivity index (χ3n) is 28.2. The first-order chi connectivity index (χ1) is 71.4. The van der Waals surface area contributed by atoms with Crippen LogP contribution in [-0.2, 0) is 0 Å². The number of benzene rings is 21. The molecule has 0 amide bonds. The van der Waals surface area contributed by atoms with Crippen LogP contribution in [0.5, 0.6) is 0 Å². The second kappa shape index (κ2) is 34.3. The lowest BCUT2D eigenvalue weighted by Gasteiger charge is -2.11. The third-order valence-corrected chi connectivity index (χ3v) is 28.2. The molecule has 0 saturated carbocycles. The van der Waals surface area contributed by atoms with Gasteiger partial charge in [0.05, 0.1) is 55.9 Å². The molecule has 30 rings (SSSR count). The molecule has 9 heterocycles. The van der Waals surface area contributed by atoms with Crippen molar-refractivity contribution in [3.63, 3.8) is 0 Å². The first kappa shape index (κ1) is 82.7. The van der Waals surface area contributed by atoms with Crippen LogP contribution < -0.4 is 0 Å². The van der Waals surface area contributed by atoms with E-state index < -0.39 is 0 Å². The van der Waals surface area contributed by atoms with Crippen LogP contribution in [-0.4, -0.2) is 43.6 Å². The topological polar surface area (TPSA) is 132 Å². The lowest BCUT2D eigenvalue weighted by molar-refractivity contribution is 0.671. The molecule has 30 aromatic rings. The molecule has 672 valence electrons. The van der Waals surface area contributed by atoms with Crippen molar-refractivity contribution in [2.45, 2.75) is 0 Å². The van der Waals surface area contributed by atoms with E-state index in [0.29, 0.717) is 23.3 Å². The number of pyridine rings is 1. The van der Waals surface area contributed by atoms with E-state index >= 15 is 0 Å². The van der Waals surface area contributed by atoms with E-state index in [9.17, 15) is 0 Å². The summed E-state index contributed by atoms with van der Waals surface area (Å²) in [5.41, 5.74) is 29.1. The predicted octanol–water partition coefficient (Wildman–Crippen LogP) is 34.9. The molecule has 0 saturated heterocycles. The Kier molecular flexibility index (Phi) is 19.7. The Labute approximate surface area is 824 Å². The molecule has 0 fully saturated rings. The van der Waals surface area contributed by atoms with Gasteiger partial charge in [0, 0.05) is 126 Å². The molecular weight excluding hydrogens is 1760 g/mol. The molecule has 0 aliphatic rings. The molecule has 0 aliphatic carbocycles. The quantitative estimate of drug-likeness (QED) is 0.117. The zero-order valence-electron chi connectivity index (χ0n) is 77.5. The van der Waals surface area contributed by atoms with E-state index in [4.69, 9.17) is 43.2 Å². The Morgan fingerprint density at radius 2 is 0.375 bits per heavy atom. The Bertz CT molecular complexity index is 9210. The number of aromatic nitrogens is 9. The number of hydrogen-bond donors (Lipinski definition) is 0. The van der Waals surface area contributed by atoms with E-state index in [1.54, 1.807) is 0 Å². The highest BCUT2D eigenvalue weighted by Crippen LogP contribution is 2.52. The molecule has 12 heteroatoms. The van der Waals surface area contributed by atoms with Crippen LogP contribution >= 0.6 is 0 Å². The second-order valence-electron chi connectivity index (χ2n) is 36.5. The first-order valence-corrected chi connectivity index (χ1v) is 48.5. The Morgan fingerprint density at radius 3 is 0.681 bits per heavy atom. The van der Waals surface area contributed by atoms with Crippen molar-refractivity contribution in [2.75, 3.05) is 0 Å². The summed E-state index contributed by atoms with van der Waals surface area (Å²) in [6.07, 6.45) is 0.